The Balaban J connectivity index is 1.70. The van der Waals surface area contributed by atoms with Crippen LogP contribution in [-0.4, -0.2) is 39.9 Å². The summed E-state index contributed by atoms with van der Waals surface area (Å²) >= 11 is 0. The molecular formula is C29H37FN6O4S. The number of benzene rings is 1. The van der Waals surface area contributed by atoms with Crippen LogP contribution in [0.3, 0.4) is 0 Å². The number of aromatic nitrogens is 5. The smallest absolute Gasteiger partial charge is 0.274 e. The molecule has 0 aliphatic heterocycles. The minimum absolute atomic E-state index is 0.0496. The number of hydrogen-bond donors (Lipinski definition) is 1. The van der Waals surface area contributed by atoms with Crippen molar-refractivity contribution in [3.8, 4) is 11.3 Å². The second-order valence-corrected chi connectivity index (χ2v) is 11.5. The van der Waals surface area contributed by atoms with Gasteiger partial charge in [0.25, 0.3) is 15.9 Å². The van der Waals surface area contributed by atoms with E-state index in [-0.39, 0.29) is 22.9 Å². The number of halogens is 1. The van der Waals surface area contributed by atoms with Crippen LogP contribution in [0.4, 0.5) is 10.3 Å². The summed E-state index contributed by atoms with van der Waals surface area (Å²) in [5.74, 6) is 0.377. The van der Waals surface area contributed by atoms with E-state index in [1.165, 1.54) is 25.3 Å². The summed E-state index contributed by atoms with van der Waals surface area (Å²) in [5, 5.41) is 8.28. The lowest BCUT2D eigenvalue weighted by molar-refractivity contribution is 0.134. The lowest BCUT2D eigenvalue weighted by Gasteiger charge is -2.15. The molecule has 0 aliphatic carbocycles. The normalized spacial score (nSPS) is 11.7. The summed E-state index contributed by atoms with van der Waals surface area (Å²) in [5.41, 5.74) is 2.50. The van der Waals surface area contributed by atoms with Gasteiger partial charge in [-0.15, -0.1) is 0 Å². The largest absolute Gasteiger partial charge is 0.377 e. The molecule has 0 saturated carbocycles. The zero-order valence-corrected chi connectivity index (χ0v) is 24.8. The van der Waals surface area contributed by atoms with E-state index in [1.54, 1.807) is 0 Å². The Morgan fingerprint density at radius 2 is 1.88 bits per heavy atom. The first-order valence-corrected chi connectivity index (χ1v) is 15.5. The van der Waals surface area contributed by atoms with Gasteiger partial charge in [-0.2, -0.15) is 9.49 Å². The maximum absolute atomic E-state index is 14.3. The number of ether oxygens (including phenoxy) is 1. The predicted molar refractivity (Wildman–Crippen MR) is 153 cm³/mol. The molecule has 1 N–H and O–H groups in total. The molecule has 4 rings (SSSR count). The first-order chi connectivity index (χ1) is 19.8. The van der Waals surface area contributed by atoms with Crippen molar-refractivity contribution in [2.75, 3.05) is 11.3 Å². The number of nitrogens with zero attached hydrogens (tertiary/aromatic N) is 5. The first-order valence-electron chi connectivity index (χ1n) is 14.0. The van der Waals surface area contributed by atoms with Gasteiger partial charge in [0.15, 0.2) is 5.82 Å². The molecule has 1 aromatic carbocycles. The first kappa shape index (κ1) is 30.3. The van der Waals surface area contributed by atoms with E-state index in [1.807, 2.05) is 29.8 Å². The Morgan fingerprint density at radius 3 is 2.59 bits per heavy atom. The van der Waals surface area contributed by atoms with Gasteiger partial charge in [-0.25, -0.2) is 22.8 Å². The summed E-state index contributed by atoms with van der Waals surface area (Å²) in [6.07, 6.45) is 7.43. The fourth-order valence-electron chi connectivity index (χ4n) is 4.40. The zero-order chi connectivity index (χ0) is 29.4. The van der Waals surface area contributed by atoms with Crippen molar-refractivity contribution in [2.24, 2.45) is 0 Å². The molecule has 0 atom stereocenters. The highest BCUT2D eigenvalue weighted by molar-refractivity contribution is 7.92. The molecule has 0 bridgehead atoms. The summed E-state index contributed by atoms with van der Waals surface area (Å²) in [7, 11) is -4.27. The zero-order valence-electron chi connectivity index (χ0n) is 24.0. The molecule has 3 aromatic heterocycles. The van der Waals surface area contributed by atoms with Crippen LogP contribution in [-0.2, 0) is 40.8 Å². The number of anilines is 1. The SMILES string of the molecule is CCCCc1nc(CCCC)n(Cc2ccc(-c3ncccc3S(=O)(=O)Nc3onc(C)c3F)c(COCC)c2)n1. The quantitative estimate of drug-likeness (QED) is 0.185. The maximum Gasteiger partial charge on any atom is 0.274 e. The molecule has 0 saturated heterocycles. The number of pyridine rings is 1. The van der Waals surface area contributed by atoms with Crippen molar-refractivity contribution in [3.05, 3.63) is 70.8 Å². The lowest BCUT2D eigenvalue weighted by Crippen LogP contribution is -2.15. The van der Waals surface area contributed by atoms with Gasteiger partial charge in [-0.1, -0.05) is 50.0 Å². The topological polar surface area (TPSA) is 125 Å². The monoisotopic (exact) mass is 584 g/mol. The highest BCUT2D eigenvalue weighted by Crippen LogP contribution is 2.31. The highest BCUT2D eigenvalue weighted by atomic mass is 32.2. The fourth-order valence-corrected chi connectivity index (χ4v) is 5.56. The van der Waals surface area contributed by atoms with Crippen LogP contribution >= 0.6 is 0 Å². The fraction of sp³-hybridized carbons (Fsp3) is 0.448. The minimum Gasteiger partial charge on any atom is -0.377 e. The third-order valence-electron chi connectivity index (χ3n) is 6.60. The van der Waals surface area contributed by atoms with Crippen LogP contribution in [0.2, 0.25) is 0 Å². The van der Waals surface area contributed by atoms with E-state index in [0.717, 1.165) is 61.3 Å². The summed E-state index contributed by atoms with van der Waals surface area (Å²) < 4.78 is 55.7. The molecular weight excluding hydrogens is 547 g/mol. The Kier molecular flexibility index (Phi) is 10.2. The lowest BCUT2D eigenvalue weighted by atomic mass is 10.0. The Morgan fingerprint density at radius 1 is 1.10 bits per heavy atom. The van der Waals surface area contributed by atoms with Gasteiger partial charge in [0, 0.05) is 31.2 Å². The van der Waals surface area contributed by atoms with Gasteiger partial charge >= 0.3 is 0 Å². The van der Waals surface area contributed by atoms with Crippen LogP contribution in [0.25, 0.3) is 11.3 Å². The molecule has 10 nitrogen and oxygen atoms in total. The minimum atomic E-state index is -4.27. The molecule has 0 aliphatic rings. The van der Waals surface area contributed by atoms with Crippen LogP contribution in [0.5, 0.6) is 0 Å². The van der Waals surface area contributed by atoms with E-state index in [0.29, 0.717) is 18.7 Å². The van der Waals surface area contributed by atoms with E-state index >= 15 is 0 Å². The van der Waals surface area contributed by atoms with Gasteiger partial charge < -0.3 is 9.26 Å². The number of sulfonamides is 1. The van der Waals surface area contributed by atoms with Crippen LogP contribution in [0, 0.1) is 12.7 Å². The average Bonchev–Trinajstić information content (AvgIpc) is 3.50. The maximum atomic E-state index is 14.3. The summed E-state index contributed by atoms with van der Waals surface area (Å²) in [6, 6.07) is 8.68. The molecule has 0 spiro atoms. The molecule has 220 valence electrons. The van der Waals surface area contributed by atoms with E-state index in [2.05, 4.69) is 28.7 Å². The van der Waals surface area contributed by atoms with E-state index < -0.39 is 21.7 Å². The van der Waals surface area contributed by atoms with E-state index in [9.17, 15) is 12.8 Å². The number of nitrogens with one attached hydrogen (secondary N) is 1. The number of aryl methyl sites for hydroxylation is 3. The Bertz CT molecular complexity index is 1570. The third kappa shape index (κ3) is 7.36. The van der Waals surface area contributed by atoms with Crippen molar-refractivity contribution in [1.82, 2.24) is 24.9 Å². The highest BCUT2D eigenvalue weighted by Gasteiger charge is 2.26. The number of unbranched alkanes of at least 4 members (excludes halogenated alkanes) is 2. The van der Waals surface area contributed by atoms with Crippen molar-refractivity contribution in [1.29, 1.82) is 0 Å². The molecule has 0 unspecified atom stereocenters. The third-order valence-corrected chi connectivity index (χ3v) is 7.96. The molecule has 0 amide bonds. The average molecular weight is 585 g/mol. The van der Waals surface area contributed by atoms with Crippen molar-refractivity contribution in [2.45, 2.75) is 84.3 Å². The molecule has 12 heteroatoms. The van der Waals surface area contributed by atoms with Crippen LogP contribution in [0.1, 0.15) is 74.9 Å². The van der Waals surface area contributed by atoms with Crippen LogP contribution < -0.4 is 4.72 Å². The Labute approximate surface area is 240 Å². The van der Waals surface area contributed by atoms with Gasteiger partial charge in [-0.3, -0.25) is 4.98 Å². The number of rotatable bonds is 15. The molecule has 0 radical (unpaired) electrons. The molecule has 0 fully saturated rings. The van der Waals surface area contributed by atoms with Crippen molar-refractivity contribution in [3.63, 3.8) is 0 Å². The summed E-state index contributed by atoms with van der Waals surface area (Å²) in [6.45, 7) is 8.84. The predicted octanol–water partition coefficient (Wildman–Crippen LogP) is 5.85. The molecule has 41 heavy (non-hydrogen) atoms. The van der Waals surface area contributed by atoms with Gasteiger partial charge in [0.05, 0.1) is 18.8 Å². The Hall–Kier alpha value is -3.64. The van der Waals surface area contributed by atoms with Gasteiger partial charge in [-0.05, 0) is 49.9 Å². The standard InChI is InChI=1S/C29H37FN6O4S/c1-5-8-12-25-32-26(13-9-6-2)36(33-25)18-21-14-15-23(22(17-21)19-39-7-3)28-24(11-10-16-31-28)41(37,38)35-29-27(30)20(4)34-40-29/h10-11,14-17,35H,5-9,12-13,18-19H2,1-4H3. The number of hydrogen-bond acceptors (Lipinski definition) is 8. The molecule has 4 aromatic rings. The summed E-state index contributed by atoms with van der Waals surface area (Å²) in [4.78, 5) is 9.08. The van der Waals surface area contributed by atoms with Gasteiger partial charge in [0.2, 0.25) is 5.82 Å². The van der Waals surface area contributed by atoms with Crippen LogP contribution in [0.15, 0.2) is 45.9 Å². The second-order valence-electron chi connectivity index (χ2n) is 9.80. The second kappa shape index (κ2) is 13.8. The van der Waals surface area contributed by atoms with E-state index in [4.69, 9.17) is 19.3 Å². The van der Waals surface area contributed by atoms with Crippen molar-refractivity contribution >= 4 is 15.9 Å². The van der Waals surface area contributed by atoms with Crippen molar-refractivity contribution < 1.29 is 22.1 Å². The van der Waals surface area contributed by atoms with Gasteiger partial charge in [0.1, 0.15) is 16.4 Å². The molecule has 3 heterocycles.